The summed E-state index contributed by atoms with van der Waals surface area (Å²) in [6.45, 7) is 0.314. The maximum Gasteiger partial charge on any atom is 0.353 e. The largest absolute Gasteiger partial charge is 0.369 e. The topological polar surface area (TPSA) is 78.2 Å². The van der Waals surface area contributed by atoms with E-state index in [1.165, 1.54) is 9.08 Å². The molecule has 0 bridgehead atoms. The van der Waals surface area contributed by atoms with Crippen LogP contribution in [0.3, 0.4) is 0 Å². The van der Waals surface area contributed by atoms with E-state index in [2.05, 4.69) is 10.1 Å². The molecule has 2 heterocycles. The molecule has 4 rings (SSSR count). The highest BCUT2D eigenvalue weighted by molar-refractivity contribution is 6.30. The van der Waals surface area contributed by atoms with Crippen LogP contribution in [0.4, 0.5) is 5.95 Å². The van der Waals surface area contributed by atoms with Crippen LogP contribution >= 0.6 is 11.6 Å². The minimum atomic E-state index is -0.323. The maximum atomic E-state index is 12.6. The summed E-state index contributed by atoms with van der Waals surface area (Å²) < 4.78 is 2.69. The van der Waals surface area contributed by atoms with Crippen molar-refractivity contribution in [3.63, 3.8) is 0 Å². The van der Waals surface area contributed by atoms with Gasteiger partial charge >= 0.3 is 5.69 Å². The van der Waals surface area contributed by atoms with E-state index in [1.807, 2.05) is 36.4 Å². The first-order valence-electron chi connectivity index (χ1n) is 7.02. The number of nitrogens with two attached hydrogens (primary N) is 1. The molecule has 7 heteroatoms. The van der Waals surface area contributed by atoms with Crippen molar-refractivity contribution >= 4 is 34.1 Å². The summed E-state index contributed by atoms with van der Waals surface area (Å²) in [4.78, 5) is 16.9. The first kappa shape index (κ1) is 13.8. The number of rotatable bonds is 2. The van der Waals surface area contributed by atoms with Gasteiger partial charge in [0, 0.05) is 10.4 Å². The second-order valence-corrected chi connectivity index (χ2v) is 5.65. The van der Waals surface area contributed by atoms with Crippen LogP contribution in [0, 0.1) is 0 Å². The van der Waals surface area contributed by atoms with E-state index in [1.54, 1.807) is 12.1 Å². The van der Waals surface area contributed by atoms with Crippen molar-refractivity contribution in [1.29, 1.82) is 0 Å². The average Bonchev–Trinajstić information content (AvgIpc) is 2.85. The number of anilines is 1. The lowest BCUT2D eigenvalue weighted by Gasteiger charge is -2.00. The van der Waals surface area contributed by atoms with Crippen LogP contribution in [0.2, 0.25) is 5.02 Å². The van der Waals surface area contributed by atoms with E-state index < -0.39 is 0 Å². The van der Waals surface area contributed by atoms with E-state index >= 15 is 0 Å². The molecule has 23 heavy (non-hydrogen) atoms. The molecule has 2 N–H and O–H groups in total. The lowest BCUT2D eigenvalue weighted by Crippen LogP contribution is -2.23. The average molecular weight is 326 g/mol. The van der Waals surface area contributed by atoms with Crippen molar-refractivity contribution in [2.24, 2.45) is 0 Å². The minimum Gasteiger partial charge on any atom is -0.369 e. The summed E-state index contributed by atoms with van der Waals surface area (Å²) in [6.07, 6.45) is 0. The Bertz CT molecular complexity index is 1100. The summed E-state index contributed by atoms with van der Waals surface area (Å²) in [6, 6.07) is 14.8. The van der Waals surface area contributed by atoms with E-state index in [0.717, 1.165) is 10.9 Å². The highest BCUT2D eigenvalue weighted by atomic mass is 35.5. The van der Waals surface area contributed by atoms with E-state index in [4.69, 9.17) is 17.3 Å². The highest BCUT2D eigenvalue weighted by Gasteiger charge is 2.14. The van der Waals surface area contributed by atoms with Crippen molar-refractivity contribution in [3.05, 3.63) is 69.6 Å². The predicted octanol–water partition coefficient (Wildman–Crippen LogP) is 2.33. The monoisotopic (exact) mass is 325 g/mol. The van der Waals surface area contributed by atoms with Crippen molar-refractivity contribution in [3.8, 4) is 0 Å². The quantitative estimate of drug-likeness (QED) is 0.613. The molecule has 114 valence electrons. The highest BCUT2D eigenvalue weighted by Crippen LogP contribution is 2.18. The Balaban J connectivity index is 1.95. The first-order valence-corrected chi connectivity index (χ1v) is 7.39. The Kier molecular flexibility index (Phi) is 3.06. The molecule has 2 aromatic heterocycles. The predicted molar refractivity (Wildman–Crippen MR) is 89.7 cm³/mol. The van der Waals surface area contributed by atoms with E-state index in [-0.39, 0.29) is 11.6 Å². The smallest absolute Gasteiger partial charge is 0.353 e. The van der Waals surface area contributed by atoms with Crippen LogP contribution in [0.25, 0.3) is 16.6 Å². The molecule has 0 aliphatic carbocycles. The molecule has 0 radical (unpaired) electrons. The first-order chi connectivity index (χ1) is 11.1. The van der Waals surface area contributed by atoms with Crippen LogP contribution in [0.1, 0.15) is 5.56 Å². The van der Waals surface area contributed by atoms with Crippen molar-refractivity contribution in [2.75, 3.05) is 5.73 Å². The normalized spacial score (nSPS) is 11.3. The standard InChI is InChI=1S/C16H12ClN5O/c17-11-5-3-4-10(8-11)9-21-16(23)22-14(20-21)12-6-1-2-7-13(12)19-15(22)18/h1-8H,9H2,(H2,18,19). The fraction of sp³-hybridized carbons (Fsp3) is 0.0625. The number of nitrogens with zero attached hydrogens (tertiary/aromatic N) is 4. The Morgan fingerprint density at radius 2 is 1.96 bits per heavy atom. The fourth-order valence-corrected chi connectivity index (χ4v) is 2.85. The van der Waals surface area contributed by atoms with Crippen LogP contribution in [0.5, 0.6) is 0 Å². The molecule has 0 unspecified atom stereocenters. The number of nitrogen functional groups attached to an aromatic ring is 1. The Morgan fingerprint density at radius 1 is 1.13 bits per heavy atom. The summed E-state index contributed by atoms with van der Waals surface area (Å²) in [7, 11) is 0. The van der Waals surface area contributed by atoms with Crippen LogP contribution in [-0.2, 0) is 6.54 Å². The van der Waals surface area contributed by atoms with Crippen LogP contribution in [-0.4, -0.2) is 19.2 Å². The van der Waals surface area contributed by atoms with Gasteiger partial charge in [-0.25, -0.2) is 18.9 Å². The molecule has 0 aliphatic heterocycles. The maximum absolute atomic E-state index is 12.6. The second-order valence-electron chi connectivity index (χ2n) is 5.22. The molecule has 0 spiro atoms. The third-order valence-corrected chi connectivity index (χ3v) is 3.90. The fourth-order valence-electron chi connectivity index (χ4n) is 2.63. The van der Waals surface area contributed by atoms with Crippen molar-refractivity contribution in [2.45, 2.75) is 6.54 Å². The number of hydrogen-bond donors (Lipinski definition) is 1. The molecule has 0 saturated carbocycles. The zero-order chi connectivity index (χ0) is 16.0. The molecule has 0 aliphatic rings. The SMILES string of the molecule is Nc1nc2ccccc2c2nn(Cc3cccc(Cl)c3)c(=O)n12. The summed E-state index contributed by atoms with van der Waals surface area (Å²) >= 11 is 5.99. The molecule has 0 fully saturated rings. The summed E-state index contributed by atoms with van der Waals surface area (Å²) in [5, 5.41) is 5.83. The number of para-hydroxylation sites is 1. The van der Waals surface area contributed by atoms with E-state index in [9.17, 15) is 4.79 Å². The van der Waals surface area contributed by atoms with Gasteiger partial charge in [0.05, 0.1) is 12.1 Å². The number of fused-ring (bicyclic) bond motifs is 3. The molecular weight excluding hydrogens is 314 g/mol. The molecule has 0 amide bonds. The zero-order valence-corrected chi connectivity index (χ0v) is 12.7. The molecule has 0 atom stereocenters. The third-order valence-electron chi connectivity index (χ3n) is 3.67. The van der Waals surface area contributed by atoms with Gasteiger partial charge in [-0.3, -0.25) is 0 Å². The van der Waals surface area contributed by atoms with Gasteiger partial charge in [-0.2, -0.15) is 0 Å². The minimum absolute atomic E-state index is 0.126. The second kappa shape index (κ2) is 5.10. The molecule has 6 nitrogen and oxygen atoms in total. The van der Waals surface area contributed by atoms with Gasteiger partial charge < -0.3 is 5.73 Å². The lowest BCUT2D eigenvalue weighted by molar-refractivity contribution is 0.659. The molecular formula is C16H12ClN5O. The van der Waals surface area contributed by atoms with E-state index in [0.29, 0.717) is 22.7 Å². The van der Waals surface area contributed by atoms with Gasteiger partial charge in [-0.15, -0.1) is 5.10 Å². The van der Waals surface area contributed by atoms with Gasteiger partial charge in [-0.05, 0) is 29.8 Å². The van der Waals surface area contributed by atoms with Gasteiger partial charge in [0.25, 0.3) is 0 Å². The number of benzene rings is 2. The van der Waals surface area contributed by atoms with Gasteiger partial charge in [0.1, 0.15) is 0 Å². The Morgan fingerprint density at radius 3 is 2.78 bits per heavy atom. The Hall–Kier alpha value is -2.86. The Labute approximate surface area is 135 Å². The molecule has 2 aromatic carbocycles. The molecule has 4 aromatic rings. The molecule has 0 saturated heterocycles. The number of hydrogen-bond acceptors (Lipinski definition) is 4. The third kappa shape index (κ3) is 2.24. The van der Waals surface area contributed by atoms with Crippen LogP contribution < -0.4 is 11.4 Å². The van der Waals surface area contributed by atoms with Gasteiger partial charge in [0.15, 0.2) is 5.65 Å². The van der Waals surface area contributed by atoms with Crippen molar-refractivity contribution in [1.82, 2.24) is 19.2 Å². The van der Waals surface area contributed by atoms with Crippen molar-refractivity contribution < 1.29 is 0 Å². The van der Waals surface area contributed by atoms with Gasteiger partial charge in [0.2, 0.25) is 5.95 Å². The number of aromatic nitrogens is 4. The van der Waals surface area contributed by atoms with Gasteiger partial charge in [-0.1, -0.05) is 35.9 Å². The lowest BCUT2D eigenvalue weighted by atomic mass is 10.2. The summed E-state index contributed by atoms with van der Waals surface area (Å²) in [5.41, 5.74) is 7.70. The number of halogens is 1. The zero-order valence-electron chi connectivity index (χ0n) is 12.0. The summed E-state index contributed by atoms with van der Waals surface area (Å²) in [5.74, 6) is 0.126. The van der Waals surface area contributed by atoms with Crippen LogP contribution in [0.15, 0.2) is 53.3 Å².